The third-order valence-corrected chi connectivity index (χ3v) is 7.86. The van der Waals surface area contributed by atoms with Crippen molar-refractivity contribution in [2.75, 3.05) is 66.7 Å². The van der Waals surface area contributed by atoms with Crippen LogP contribution in [0.5, 0.6) is 11.5 Å². The molecule has 0 saturated carbocycles. The maximum absolute atomic E-state index is 13.8. The molecule has 0 aliphatic carbocycles. The minimum atomic E-state index is -0.0817. The Labute approximate surface area is 252 Å². The van der Waals surface area contributed by atoms with Crippen molar-refractivity contribution in [2.45, 2.75) is 71.3 Å². The first-order valence-corrected chi connectivity index (χ1v) is 15.6. The molecular formula is C33H51N3O6. The van der Waals surface area contributed by atoms with Crippen molar-refractivity contribution in [1.29, 1.82) is 0 Å². The normalized spacial score (nSPS) is 13.6. The Morgan fingerprint density at radius 1 is 0.881 bits per heavy atom. The molecule has 2 aromatic rings. The van der Waals surface area contributed by atoms with E-state index in [0.717, 1.165) is 44.5 Å². The highest BCUT2D eigenvalue weighted by atomic mass is 16.5. The zero-order valence-corrected chi connectivity index (χ0v) is 26.0. The Kier molecular flexibility index (Phi) is 15.3. The summed E-state index contributed by atoms with van der Waals surface area (Å²) in [5.74, 6) is 2.01. The highest BCUT2D eigenvalue weighted by Crippen LogP contribution is 2.28. The monoisotopic (exact) mass is 585 g/mol. The van der Waals surface area contributed by atoms with Gasteiger partial charge in [0.2, 0.25) is 11.8 Å². The van der Waals surface area contributed by atoms with Crippen LogP contribution in [-0.4, -0.2) is 93.2 Å². The van der Waals surface area contributed by atoms with Gasteiger partial charge in [0.05, 0.1) is 46.8 Å². The molecule has 0 atom stereocenters. The topological polar surface area (TPSA) is 84.7 Å². The maximum Gasteiger partial charge on any atom is 0.242 e. The summed E-state index contributed by atoms with van der Waals surface area (Å²) in [6.07, 6.45) is 10.8. The molecule has 2 heterocycles. The molecule has 1 saturated heterocycles. The zero-order valence-electron chi connectivity index (χ0n) is 26.0. The van der Waals surface area contributed by atoms with Crippen LogP contribution in [0.25, 0.3) is 0 Å². The average Bonchev–Trinajstić information content (AvgIpc) is 3.54. The number of furan rings is 1. The number of unbranched alkanes of at least 4 members (excludes halogenated alkanes) is 6. The first-order chi connectivity index (χ1) is 20.5. The second-order valence-electron chi connectivity index (χ2n) is 11.0. The Balaban J connectivity index is 1.64. The van der Waals surface area contributed by atoms with E-state index < -0.39 is 0 Å². The first-order valence-electron chi connectivity index (χ1n) is 15.6. The highest BCUT2D eigenvalue weighted by molar-refractivity contribution is 5.84. The highest BCUT2D eigenvalue weighted by Gasteiger charge is 2.23. The van der Waals surface area contributed by atoms with E-state index in [1.165, 1.54) is 25.7 Å². The smallest absolute Gasteiger partial charge is 0.242 e. The van der Waals surface area contributed by atoms with E-state index in [1.807, 2.05) is 30.3 Å². The molecule has 0 N–H and O–H groups in total. The predicted molar refractivity (Wildman–Crippen MR) is 164 cm³/mol. The van der Waals surface area contributed by atoms with Crippen LogP contribution in [0.2, 0.25) is 0 Å². The summed E-state index contributed by atoms with van der Waals surface area (Å²) in [4.78, 5) is 33.0. The van der Waals surface area contributed by atoms with Crippen LogP contribution in [0.4, 0.5) is 0 Å². The van der Waals surface area contributed by atoms with Crippen LogP contribution in [-0.2, 0) is 27.3 Å². The number of methoxy groups -OCH3 is 2. The summed E-state index contributed by atoms with van der Waals surface area (Å²) in [5, 5.41) is 0. The van der Waals surface area contributed by atoms with E-state index in [9.17, 15) is 9.59 Å². The fraction of sp³-hybridized carbons (Fsp3) is 0.636. The number of rotatable bonds is 20. The summed E-state index contributed by atoms with van der Waals surface area (Å²) < 4.78 is 21.9. The lowest BCUT2D eigenvalue weighted by molar-refractivity contribution is -0.141. The van der Waals surface area contributed by atoms with E-state index >= 15 is 0 Å². The van der Waals surface area contributed by atoms with Gasteiger partial charge in [-0.25, -0.2) is 0 Å². The third-order valence-electron chi connectivity index (χ3n) is 7.86. The first kappa shape index (κ1) is 33.5. The molecule has 1 aliphatic rings. The molecule has 0 unspecified atom stereocenters. The molecule has 234 valence electrons. The third kappa shape index (κ3) is 11.7. The Morgan fingerprint density at radius 2 is 1.62 bits per heavy atom. The van der Waals surface area contributed by atoms with Crippen molar-refractivity contribution in [3.05, 3.63) is 47.9 Å². The lowest BCUT2D eigenvalue weighted by Crippen LogP contribution is -2.47. The standard InChI is InChI=1S/C33H51N3O6/c1-4-5-6-7-8-9-10-13-32(37)36(19-18-34-20-23-41-24-21-34)27-33(38)35(26-29-12-11-22-42-29)17-16-28-14-15-30(39-2)31(25-28)40-3/h11-12,14-15,22,25H,4-10,13,16-21,23-24,26-27H2,1-3H3. The second kappa shape index (κ2) is 19.2. The lowest BCUT2D eigenvalue weighted by atomic mass is 10.1. The van der Waals surface area contributed by atoms with E-state index in [4.69, 9.17) is 18.6 Å². The van der Waals surface area contributed by atoms with Gasteiger partial charge >= 0.3 is 0 Å². The van der Waals surface area contributed by atoms with Gasteiger partial charge in [0.15, 0.2) is 11.5 Å². The molecular weight excluding hydrogens is 534 g/mol. The van der Waals surface area contributed by atoms with Gasteiger partial charge in [0.25, 0.3) is 0 Å². The lowest BCUT2D eigenvalue weighted by Gasteiger charge is -2.31. The molecule has 1 fully saturated rings. The number of hydrogen-bond acceptors (Lipinski definition) is 7. The van der Waals surface area contributed by atoms with Crippen molar-refractivity contribution >= 4 is 11.8 Å². The van der Waals surface area contributed by atoms with Crippen LogP contribution in [0.15, 0.2) is 41.0 Å². The molecule has 0 spiro atoms. The van der Waals surface area contributed by atoms with Gasteiger partial charge < -0.3 is 28.4 Å². The van der Waals surface area contributed by atoms with E-state index in [0.29, 0.717) is 62.9 Å². The van der Waals surface area contributed by atoms with Crippen LogP contribution in [0.1, 0.15) is 69.6 Å². The van der Waals surface area contributed by atoms with Crippen LogP contribution in [0, 0.1) is 0 Å². The SMILES string of the molecule is CCCCCCCCCC(=O)N(CCN1CCOCC1)CC(=O)N(CCc1ccc(OC)c(OC)c1)Cc1ccco1. The second-order valence-corrected chi connectivity index (χ2v) is 11.0. The number of carbonyl (C=O) groups is 2. The quantitative estimate of drug-likeness (QED) is 0.198. The van der Waals surface area contributed by atoms with E-state index in [1.54, 1.807) is 30.3 Å². The summed E-state index contributed by atoms with van der Waals surface area (Å²) in [5.41, 5.74) is 1.03. The largest absolute Gasteiger partial charge is 0.493 e. The predicted octanol–water partition coefficient (Wildman–Crippen LogP) is 5.17. The average molecular weight is 586 g/mol. The zero-order chi connectivity index (χ0) is 30.0. The van der Waals surface area contributed by atoms with Crippen molar-refractivity contribution < 1.29 is 28.2 Å². The van der Waals surface area contributed by atoms with E-state index in [2.05, 4.69) is 11.8 Å². The molecule has 2 amide bonds. The summed E-state index contributed by atoms with van der Waals surface area (Å²) in [7, 11) is 3.23. The van der Waals surface area contributed by atoms with Gasteiger partial charge in [0.1, 0.15) is 5.76 Å². The van der Waals surface area contributed by atoms with Crippen molar-refractivity contribution in [2.24, 2.45) is 0 Å². The van der Waals surface area contributed by atoms with Gasteiger partial charge in [-0.05, 0) is 42.7 Å². The molecule has 0 radical (unpaired) electrons. The summed E-state index contributed by atoms with van der Waals surface area (Å²) in [6, 6.07) is 9.50. The van der Waals surface area contributed by atoms with Gasteiger partial charge in [0, 0.05) is 39.1 Å². The van der Waals surface area contributed by atoms with Crippen molar-refractivity contribution in [3.63, 3.8) is 0 Å². The van der Waals surface area contributed by atoms with Crippen LogP contribution in [0.3, 0.4) is 0 Å². The Hall–Kier alpha value is -3.04. The minimum absolute atomic E-state index is 0.0583. The van der Waals surface area contributed by atoms with E-state index in [-0.39, 0.29) is 18.4 Å². The molecule has 0 bridgehead atoms. The fourth-order valence-corrected chi connectivity index (χ4v) is 5.22. The van der Waals surface area contributed by atoms with Crippen LogP contribution < -0.4 is 9.47 Å². The number of ether oxygens (including phenoxy) is 3. The fourth-order valence-electron chi connectivity index (χ4n) is 5.22. The Morgan fingerprint density at radius 3 is 2.31 bits per heavy atom. The molecule has 9 heteroatoms. The van der Waals surface area contributed by atoms with Crippen molar-refractivity contribution in [1.82, 2.24) is 14.7 Å². The number of benzene rings is 1. The van der Waals surface area contributed by atoms with Gasteiger partial charge in [-0.2, -0.15) is 0 Å². The number of morpholine rings is 1. The molecule has 42 heavy (non-hydrogen) atoms. The van der Waals surface area contributed by atoms with Gasteiger partial charge in [-0.3, -0.25) is 14.5 Å². The molecule has 9 nitrogen and oxygen atoms in total. The maximum atomic E-state index is 13.8. The molecule has 1 aromatic heterocycles. The number of hydrogen-bond donors (Lipinski definition) is 0. The van der Waals surface area contributed by atoms with Crippen LogP contribution >= 0.6 is 0 Å². The number of carbonyl (C=O) groups excluding carboxylic acids is 2. The summed E-state index contributed by atoms with van der Waals surface area (Å²) >= 11 is 0. The summed E-state index contributed by atoms with van der Waals surface area (Å²) in [6.45, 7) is 7.50. The number of amides is 2. The van der Waals surface area contributed by atoms with Gasteiger partial charge in [-0.1, -0.05) is 51.5 Å². The molecule has 3 rings (SSSR count). The minimum Gasteiger partial charge on any atom is -0.493 e. The molecule has 1 aliphatic heterocycles. The Bertz CT molecular complexity index is 1040. The van der Waals surface area contributed by atoms with Gasteiger partial charge in [-0.15, -0.1) is 0 Å². The number of nitrogens with zero attached hydrogens (tertiary/aromatic N) is 3. The molecule has 1 aromatic carbocycles. The van der Waals surface area contributed by atoms with Crippen molar-refractivity contribution in [3.8, 4) is 11.5 Å².